The Labute approximate surface area is 143 Å². The van der Waals surface area contributed by atoms with Gasteiger partial charge in [-0.05, 0) is 6.07 Å². The largest absolute Gasteiger partial charge is 0.497 e. The maximum atomic E-state index is 9.34. The molecule has 2 rings (SSSR count). The Morgan fingerprint density at radius 3 is 2.58 bits per heavy atom. The minimum absolute atomic E-state index is 0.101. The van der Waals surface area contributed by atoms with Gasteiger partial charge in [0.25, 0.3) is 0 Å². The van der Waals surface area contributed by atoms with Gasteiger partial charge in [-0.2, -0.15) is 10.2 Å². The van der Waals surface area contributed by atoms with Crippen LogP contribution in [0.4, 0.5) is 0 Å². The number of nitrogens with zero attached hydrogens (tertiary/aromatic N) is 3. The van der Waals surface area contributed by atoms with Crippen LogP contribution in [0.5, 0.6) is 11.5 Å². The third-order valence-corrected chi connectivity index (χ3v) is 4.19. The van der Waals surface area contributed by atoms with Crippen LogP contribution in [0.25, 0.3) is 0 Å². The van der Waals surface area contributed by atoms with Gasteiger partial charge >= 0.3 is 0 Å². The second-order valence-corrected chi connectivity index (χ2v) is 5.81. The first-order valence-corrected chi connectivity index (χ1v) is 8.08. The van der Waals surface area contributed by atoms with Crippen LogP contribution in [0, 0.1) is 12.3 Å². The highest BCUT2D eigenvalue weighted by molar-refractivity contribution is 5.40. The van der Waals surface area contributed by atoms with E-state index in [1.807, 2.05) is 18.2 Å². The lowest BCUT2D eigenvalue weighted by Gasteiger charge is -2.24. The summed E-state index contributed by atoms with van der Waals surface area (Å²) < 4.78 is 10.7. The van der Waals surface area contributed by atoms with Gasteiger partial charge in [0, 0.05) is 50.5 Å². The summed E-state index contributed by atoms with van der Waals surface area (Å²) in [6.45, 7) is 2.15. The summed E-state index contributed by atoms with van der Waals surface area (Å²) in [5, 5.41) is 17.7. The van der Waals surface area contributed by atoms with Crippen LogP contribution in [0.2, 0.25) is 0 Å². The molecule has 0 fully saturated rings. The first kappa shape index (κ1) is 18.2. The van der Waals surface area contributed by atoms with E-state index >= 15 is 0 Å². The van der Waals surface area contributed by atoms with Crippen LogP contribution < -0.4 is 9.47 Å². The third kappa shape index (κ3) is 4.95. The molecule has 0 radical (unpaired) electrons. The van der Waals surface area contributed by atoms with Crippen molar-refractivity contribution in [2.24, 2.45) is 10.2 Å². The highest BCUT2D eigenvalue weighted by Gasteiger charge is 2.39. The molecule has 0 aromatic heterocycles. The van der Waals surface area contributed by atoms with Crippen LogP contribution >= 0.6 is 0 Å². The molecule has 1 N–H and O–H groups in total. The van der Waals surface area contributed by atoms with Gasteiger partial charge in [-0.3, -0.25) is 4.90 Å². The molecule has 0 unspecified atom stereocenters. The molecule has 1 aliphatic rings. The van der Waals surface area contributed by atoms with Crippen LogP contribution in [0.1, 0.15) is 24.8 Å². The molecule has 0 atom stereocenters. The fourth-order valence-corrected chi connectivity index (χ4v) is 2.64. The van der Waals surface area contributed by atoms with Gasteiger partial charge in [-0.15, -0.1) is 12.3 Å². The number of hydrogen-bond acceptors (Lipinski definition) is 6. The number of aliphatic hydroxyl groups excluding tert-OH is 1. The Balaban J connectivity index is 1.97. The molecule has 6 heteroatoms. The molecule has 24 heavy (non-hydrogen) atoms. The van der Waals surface area contributed by atoms with Gasteiger partial charge in [-0.25, -0.2) is 0 Å². The van der Waals surface area contributed by atoms with Crippen molar-refractivity contribution >= 4 is 0 Å². The maximum Gasteiger partial charge on any atom is 0.193 e. The molecule has 0 saturated heterocycles. The van der Waals surface area contributed by atoms with E-state index in [-0.39, 0.29) is 12.3 Å². The second kappa shape index (κ2) is 8.67. The molecule has 0 amide bonds. The number of ether oxygens (including phenoxy) is 2. The van der Waals surface area contributed by atoms with E-state index in [9.17, 15) is 5.11 Å². The minimum Gasteiger partial charge on any atom is -0.497 e. The van der Waals surface area contributed by atoms with Crippen LogP contribution in [0.3, 0.4) is 0 Å². The Morgan fingerprint density at radius 2 is 2.00 bits per heavy atom. The SMILES string of the molecule is C#CCCC1(CCN(CCO)Cc2ccc(OC)cc2OC)N=N1. The zero-order chi connectivity index (χ0) is 17.4. The topological polar surface area (TPSA) is 66.7 Å². The van der Waals surface area contributed by atoms with Gasteiger partial charge in [0.15, 0.2) is 5.66 Å². The van der Waals surface area contributed by atoms with Crippen molar-refractivity contribution in [1.82, 2.24) is 4.90 Å². The van der Waals surface area contributed by atoms with E-state index in [1.54, 1.807) is 14.2 Å². The maximum absolute atomic E-state index is 9.34. The van der Waals surface area contributed by atoms with Crippen LogP contribution in [-0.4, -0.2) is 49.6 Å². The lowest BCUT2D eigenvalue weighted by molar-refractivity contribution is 0.181. The van der Waals surface area contributed by atoms with Crippen LogP contribution in [-0.2, 0) is 6.54 Å². The Kier molecular flexibility index (Phi) is 6.59. The summed E-state index contributed by atoms with van der Waals surface area (Å²) in [6.07, 6.45) is 7.61. The minimum atomic E-state index is -0.302. The van der Waals surface area contributed by atoms with Gasteiger partial charge in [0.05, 0.1) is 20.8 Å². The number of methoxy groups -OCH3 is 2. The summed E-state index contributed by atoms with van der Waals surface area (Å²) in [7, 11) is 3.27. The summed E-state index contributed by atoms with van der Waals surface area (Å²) in [5.41, 5.74) is 0.749. The molecule has 130 valence electrons. The van der Waals surface area contributed by atoms with Gasteiger partial charge < -0.3 is 14.6 Å². The number of benzene rings is 1. The molecule has 0 aliphatic carbocycles. The quantitative estimate of drug-likeness (QED) is 0.633. The Hall–Kier alpha value is -2.10. The van der Waals surface area contributed by atoms with E-state index < -0.39 is 0 Å². The molecular weight excluding hydrogens is 306 g/mol. The van der Waals surface area contributed by atoms with Crippen LogP contribution in [0.15, 0.2) is 28.4 Å². The first-order chi connectivity index (χ1) is 11.7. The van der Waals surface area contributed by atoms with Crippen molar-refractivity contribution < 1.29 is 14.6 Å². The van der Waals surface area contributed by atoms with Crippen molar-refractivity contribution in [3.05, 3.63) is 23.8 Å². The van der Waals surface area contributed by atoms with Crippen molar-refractivity contribution in [2.75, 3.05) is 33.9 Å². The summed E-state index contributed by atoms with van der Waals surface area (Å²) in [4.78, 5) is 2.17. The predicted octanol–water partition coefficient (Wildman–Crippen LogP) is 2.46. The van der Waals surface area contributed by atoms with E-state index in [1.165, 1.54) is 0 Å². The second-order valence-electron chi connectivity index (χ2n) is 5.81. The average molecular weight is 331 g/mol. The zero-order valence-electron chi connectivity index (χ0n) is 14.4. The normalized spacial score (nSPS) is 14.5. The van der Waals surface area contributed by atoms with Crippen molar-refractivity contribution in [2.45, 2.75) is 31.5 Å². The highest BCUT2D eigenvalue weighted by atomic mass is 16.5. The highest BCUT2D eigenvalue weighted by Crippen LogP contribution is 2.37. The lowest BCUT2D eigenvalue weighted by Crippen LogP contribution is -2.30. The van der Waals surface area contributed by atoms with Gasteiger partial charge in [0.1, 0.15) is 11.5 Å². The first-order valence-electron chi connectivity index (χ1n) is 8.08. The predicted molar refractivity (Wildman–Crippen MR) is 92.2 cm³/mol. The smallest absolute Gasteiger partial charge is 0.193 e. The van der Waals surface area contributed by atoms with E-state index in [0.29, 0.717) is 19.5 Å². The summed E-state index contributed by atoms with van der Waals surface area (Å²) >= 11 is 0. The molecule has 1 aromatic rings. The molecule has 0 saturated carbocycles. The molecule has 0 spiro atoms. The molecule has 0 bridgehead atoms. The number of rotatable bonds is 11. The number of terminal acetylenes is 1. The van der Waals surface area contributed by atoms with Crippen molar-refractivity contribution in [1.29, 1.82) is 0 Å². The molecule has 1 aromatic carbocycles. The Bertz CT molecular complexity index is 604. The third-order valence-electron chi connectivity index (χ3n) is 4.19. The lowest BCUT2D eigenvalue weighted by atomic mass is 10.0. The van der Waals surface area contributed by atoms with Gasteiger partial charge in [-0.1, -0.05) is 6.07 Å². The molecule has 1 heterocycles. The Morgan fingerprint density at radius 1 is 1.21 bits per heavy atom. The monoisotopic (exact) mass is 331 g/mol. The number of aliphatic hydroxyl groups is 1. The van der Waals surface area contributed by atoms with Crippen molar-refractivity contribution in [3.8, 4) is 23.8 Å². The summed E-state index contributed by atoms with van der Waals surface area (Å²) in [5.74, 6) is 4.18. The fraction of sp³-hybridized carbons (Fsp3) is 0.556. The van der Waals surface area contributed by atoms with E-state index in [4.69, 9.17) is 15.9 Å². The van der Waals surface area contributed by atoms with Crippen molar-refractivity contribution in [3.63, 3.8) is 0 Å². The van der Waals surface area contributed by atoms with Gasteiger partial charge in [0.2, 0.25) is 0 Å². The van der Waals surface area contributed by atoms with E-state index in [2.05, 4.69) is 21.0 Å². The fourth-order valence-electron chi connectivity index (χ4n) is 2.64. The molecule has 1 aliphatic heterocycles. The zero-order valence-corrected chi connectivity index (χ0v) is 14.4. The molecule has 6 nitrogen and oxygen atoms in total. The number of hydrogen-bond donors (Lipinski definition) is 1. The summed E-state index contributed by atoms with van der Waals surface area (Å²) in [6, 6.07) is 5.77. The standard InChI is InChI=1S/C18H25N3O3/c1-4-5-8-18(19-20-18)9-10-21(11-12-22)14-15-6-7-16(23-2)13-17(15)24-3/h1,6-7,13,22H,5,8-12,14H2,2-3H3. The average Bonchev–Trinajstić information content (AvgIpc) is 3.38. The van der Waals surface area contributed by atoms with E-state index in [0.717, 1.165) is 36.4 Å². The molecular formula is C18H25N3O3.